The molecular weight excluding hydrogens is 283 g/mol. The van der Waals surface area contributed by atoms with Gasteiger partial charge in [-0.3, -0.25) is 0 Å². The first-order valence-corrected chi connectivity index (χ1v) is 6.46. The zero-order chi connectivity index (χ0) is 11.8. The van der Waals surface area contributed by atoms with E-state index in [4.69, 9.17) is 23.2 Å². The van der Waals surface area contributed by atoms with Gasteiger partial charge >= 0.3 is 0 Å². The summed E-state index contributed by atoms with van der Waals surface area (Å²) < 4.78 is 1.80. The Balaban J connectivity index is 1.90. The van der Waals surface area contributed by atoms with Gasteiger partial charge in [0.1, 0.15) is 0 Å². The lowest BCUT2D eigenvalue weighted by molar-refractivity contribution is 0.565. The molecule has 88 valence electrons. The number of tetrazole rings is 1. The summed E-state index contributed by atoms with van der Waals surface area (Å²) in [4.78, 5) is 0.698. The van der Waals surface area contributed by atoms with Crippen LogP contribution in [0.25, 0.3) is 0 Å². The molecule has 0 aromatic carbocycles. The van der Waals surface area contributed by atoms with E-state index in [2.05, 4.69) is 25.7 Å². The van der Waals surface area contributed by atoms with E-state index in [1.165, 1.54) is 11.8 Å². The van der Waals surface area contributed by atoms with Gasteiger partial charge in [-0.15, -0.1) is 15.3 Å². The first kappa shape index (κ1) is 11.2. The molecule has 0 spiro atoms. The minimum absolute atomic E-state index is 0.294. The maximum Gasteiger partial charge on any atom is 0.214 e. The zero-order valence-electron chi connectivity index (χ0n) is 8.42. The predicted molar refractivity (Wildman–Crippen MR) is 62.3 cm³/mol. The topological polar surface area (TPSA) is 69.4 Å². The summed E-state index contributed by atoms with van der Waals surface area (Å²) in [6.45, 7) is 0. The van der Waals surface area contributed by atoms with Gasteiger partial charge in [0.15, 0.2) is 10.3 Å². The molecule has 0 amide bonds. The van der Waals surface area contributed by atoms with E-state index in [9.17, 15) is 0 Å². The van der Waals surface area contributed by atoms with Crippen LogP contribution in [0.3, 0.4) is 0 Å². The van der Waals surface area contributed by atoms with Crippen LogP contribution in [0.2, 0.25) is 10.3 Å². The Kier molecular flexibility index (Phi) is 2.89. The Labute approximate surface area is 111 Å². The van der Waals surface area contributed by atoms with Crippen LogP contribution in [0.15, 0.2) is 16.1 Å². The van der Waals surface area contributed by atoms with Gasteiger partial charge in [0.05, 0.1) is 10.9 Å². The lowest BCUT2D eigenvalue weighted by atomic mass is 10.6. The molecule has 0 atom stereocenters. The molecule has 2 aromatic heterocycles. The Hall–Kier alpha value is -0.920. The largest absolute Gasteiger partial charge is 0.217 e. The quantitative estimate of drug-likeness (QED) is 0.863. The minimum Gasteiger partial charge on any atom is -0.217 e. The maximum absolute atomic E-state index is 5.93. The van der Waals surface area contributed by atoms with Gasteiger partial charge in [0, 0.05) is 0 Å². The van der Waals surface area contributed by atoms with Crippen LogP contribution in [0.4, 0.5) is 0 Å². The van der Waals surface area contributed by atoms with Crippen molar-refractivity contribution in [2.45, 2.75) is 28.9 Å². The van der Waals surface area contributed by atoms with Crippen molar-refractivity contribution < 1.29 is 0 Å². The summed E-state index contributed by atoms with van der Waals surface area (Å²) in [5, 5.41) is 20.2. The summed E-state index contributed by atoms with van der Waals surface area (Å²) in [7, 11) is 0. The number of nitrogens with zero attached hydrogens (tertiary/aromatic N) is 6. The molecular formula is C8H6Cl2N6S. The van der Waals surface area contributed by atoms with Crippen LogP contribution in [0.1, 0.15) is 18.9 Å². The summed E-state index contributed by atoms with van der Waals surface area (Å²) >= 11 is 13.0. The fourth-order valence-electron chi connectivity index (χ4n) is 1.31. The van der Waals surface area contributed by atoms with Gasteiger partial charge in [-0.1, -0.05) is 23.2 Å². The van der Waals surface area contributed by atoms with Crippen molar-refractivity contribution in [1.82, 2.24) is 30.4 Å². The molecule has 0 N–H and O–H groups in total. The number of hydrogen-bond donors (Lipinski definition) is 0. The molecule has 6 nitrogen and oxygen atoms in total. The average Bonchev–Trinajstić information content (AvgIpc) is 3.05. The molecule has 1 saturated carbocycles. The zero-order valence-corrected chi connectivity index (χ0v) is 10.7. The van der Waals surface area contributed by atoms with Crippen LogP contribution in [0, 0.1) is 0 Å². The molecule has 3 rings (SSSR count). The van der Waals surface area contributed by atoms with Crippen molar-refractivity contribution in [3.8, 4) is 0 Å². The molecule has 0 aliphatic heterocycles. The number of halogens is 2. The van der Waals surface area contributed by atoms with E-state index >= 15 is 0 Å². The SMILES string of the molecule is Clc1cc(Sc2nnnn2C2CC2)c(Cl)nn1. The van der Waals surface area contributed by atoms with Crippen LogP contribution < -0.4 is 0 Å². The van der Waals surface area contributed by atoms with Crippen molar-refractivity contribution in [3.05, 3.63) is 16.4 Å². The lowest BCUT2D eigenvalue weighted by Gasteiger charge is -2.03. The van der Waals surface area contributed by atoms with E-state index < -0.39 is 0 Å². The molecule has 0 unspecified atom stereocenters. The third kappa shape index (κ3) is 2.36. The number of rotatable bonds is 3. The molecule has 2 heterocycles. The normalized spacial score (nSPS) is 15.2. The predicted octanol–water partition coefficient (Wildman–Crippen LogP) is 2.26. The molecule has 17 heavy (non-hydrogen) atoms. The third-order valence-electron chi connectivity index (χ3n) is 2.24. The number of aromatic nitrogens is 6. The second-order valence-corrected chi connectivity index (χ2v) is 5.32. The Morgan fingerprint density at radius 2 is 2.06 bits per heavy atom. The highest BCUT2D eigenvalue weighted by Gasteiger charge is 2.28. The Morgan fingerprint density at radius 3 is 2.82 bits per heavy atom. The highest BCUT2D eigenvalue weighted by atomic mass is 35.5. The fourth-order valence-corrected chi connectivity index (χ4v) is 2.58. The van der Waals surface area contributed by atoms with Crippen molar-refractivity contribution in [2.75, 3.05) is 0 Å². The van der Waals surface area contributed by atoms with Crippen molar-refractivity contribution in [2.24, 2.45) is 0 Å². The molecule has 0 radical (unpaired) electrons. The summed E-state index contributed by atoms with van der Waals surface area (Å²) in [6.07, 6.45) is 2.23. The minimum atomic E-state index is 0.294. The third-order valence-corrected chi connectivity index (χ3v) is 3.80. The monoisotopic (exact) mass is 288 g/mol. The summed E-state index contributed by atoms with van der Waals surface area (Å²) in [5.74, 6) is 0. The molecule has 1 aliphatic rings. The van der Waals surface area contributed by atoms with E-state index in [-0.39, 0.29) is 0 Å². The van der Waals surface area contributed by atoms with Gasteiger partial charge in [0.25, 0.3) is 0 Å². The Morgan fingerprint density at radius 1 is 1.24 bits per heavy atom. The van der Waals surface area contributed by atoms with E-state index in [0.29, 0.717) is 26.4 Å². The molecule has 2 aromatic rings. The van der Waals surface area contributed by atoms with Gasteiger partial charge in [0.2, 0.25) is 5.16 Å². The maximum atomic E-state index is 5.93. The Bertz CT molecular complexity index is 555. The molecule has 0 saturated heterocycles. The van der Waals surface area contributed by atoms with Crippen LogP contribution in [-0.2, 0) is 0 Å². The summed E-state index contributed by atoms with van der Waals surface area (Å²) in [5.41, 5.74) is 0. The van der Waals surface area contributed by atoms with E-state index in [1.807, 2.05) is 0 Å². The molecule has 0 bridgehead atoms. The highest BCUT2D eigenvalue weighted by molar-refractivity contribution is 7.99. The molecule has 1 aliphatic carbocycles. The lowest BCUT2D eigenvalue weighted by Crippen LogP contribution is -1.98. The van der Waals surface area contributed by atoms with Gasteiger partial charge < -0.3 is 0 Å². The standard InChI is InChI=1S/C8H6Cl2N6S/c9-6-3-5(7(10)12-11-6)17-8-13-14-15-16(8)4-1-2-4/h3-4H,1-2H2. The highest BCUT2D eigenvalue weighted by Crippen LogP contribution is 2.39. The summed E-state index contributed by atoms with van der Waals surface area (Å²) in [6, 6.07) is 2.06. The van der Waals surface area contributed by atoms with Gasteiger partial charge in [-0.2, -0.15) is 0 Å². The first-order chi connectivity index (χ1) is 8.24. The van der Waals surface area contributed by atoms with E-state index in [0.717, 1.165) is 12.8 Å². The van der Waals surface area contributed by atoms with Gasteiger partial charge in [-0.05, 0) is 41.1 Å². The van der Waals surface area contributed by atoms with Crippen molar-refractivity contribution >= 4 is 35.0 Å². The van der Waals surface area contributed by atoms with Crippen LogP contribution in [-0.4, -0.2) is 30.4 Å². The molecule has 9 heteroatoms. The van der Waals surface area contributed by atoms with Crippen LogP contribution in [0.5, 0.6) is 0 Å². The first-order valence-electron chi connectivity index (χ1n) is 4.88. The fraction of sp³-hybridized carbons (Fsp3) is 0.375. The van der Waals surface area contributed by atoms with Gasteiger partial charge in [-0.25, -0.2) is 4.68 Å². The van der Waals surface area contributed by atoms with Crippen molar-refractivity contribution in [1.29, 1.82) is 0 Å². The average molecular weight is 289 g/mol. The second-order valence-electron chi connectivity index (χ2n) is 3.56. The molecule has 1 fully saturated rings. The van der Waals surface area contributed by atoms with Crippen molar-refractivity contribution in [3.63, 3.8) is 0 Å². The van der Waals surface area contributed by atoms with Crippen LogP contribution >= 0.6 is 35.0 Å². The number of hydrogen-bond acceptors (Lipinski definition) is 6. The smallest absolute Gasteiger partial charge is 0.214 e. The van der Waals surface area contributed by atoms with E-state index in [1.54, 1.807) is 10.7 Å². The second kappa shape index (κ2) is 4.40.